The molecule has 0 radical (unpaired) electrons. The number of carboxylic acid groups (broad SMARTS) is 1. The molecule has 0 unspecified atom stereocenters. The van der Waals surface area contributed by atoms with E-state index in [-0.39, 0.29) is 35.4 Å². The number of carbonyl (C=O) groups is 4. The molecule has 4 rings (SSSR count). The molecule has 1 aromatic carbocycles. The molecule has 1 heterocycles. The minimum absolute atomic E-state index is 0.0627. The van der Waals surface area contributed by atoms with E-state index in [4.69, 9.17) is 5.11 Å². The van der Waals surface area contributed by atoms with Gasteiger partial charge in [-0.05, 0) is 50.3 Å². The van der Waals surface area contributed by atoms with Crippen molar-refractivity contribution >= 4 is 23.7 Å². The molecule has 1 aromatic rings. The SMILES string of the molecule is O=C(O)CC1(NC(=O)c2ccc3c(c2)C(=O)N(C2CCCCC2)C3=O)CCC1. The summed E-state index contributed by atoms with van der Waals surface area (Å²) < 4.78 is 0. The zero-order valence-corrected chi connectivity index (χ0v) is 15.7. The lowest BCUT2D eigenvalue weighted by Gasteiger charge is -2.41. The van der Waals surface area contributed by atoms with Gasteiger partial charge < -0.3 is 10.4 Å². The average Bonchev–Trinajstić information content (AvgIpc) is 2.90. The number of carbonyl (C=O) groups excluding carboxylic acids is 3. The Morgan fingerprint density at radius 3 is 2.32 bits per heavy atom. The molecule has 3 aliphatic rings. The molecule has 2 saturated carbocycles. The van der Waals surface area contributed by atoms with Crippen molar-refractivity contribution in [2.24, 2.45) is 0 Å². The van der Waals surface area contributed by atoms with Crippen molar-refractivity contribution in [2.45, 2.75) is 69.4 Å². The summed E-state index contributed by atoms with van der Waals surface area (Å²) >= 11 is 0. The fourth-order valence-electron chi connectivity index (χ4n) is 4.62. The average molecular weight is 384 g/mol. The van der Waals surface area contributed by atoms with E-state index in [1.54, 1.807) is 0 Å². The lowest BCUT2D eigenvalue weighted by Crippen LogP contribution is -2.54. The zero-order valence-electron chi connectivity index (χ0n) is 15.7. The van der Waals surface area contributed by atoms with E-state index in [2.05, 4.69) is 5.32 Å². The topological polar surface area (TPSA) is 104 Å². The van der Waals surface area contributed by atoms with E-state index in [1.807, 2.05) is 0 Å². The number of amides is 3. The molecule has 0 saturated heterocycles. The number of aliphatic carboxylic acids is 1. The van der Waals surface area contributed by atoms with Crippen molar-refractivity contribution in [1.82, 2.24) is 10.2 Å². The highest BCUT2D eigenvalue weighted by atomic mass is 16.4. The third-order valence-corrected chi connectivity index (χ3v) is 6.30. The Morgan fingerprint density at radius 1 is 1.04 bits per heavy atom. The number of fused-ring (bicyclic) bond motifs is 1. The predicted molar refractivity (Wildman–Crippen MR) is 100 cm³/mol. The van der Waals surface area contributed by atoms with E-state index in [1.165, 1.54) is 23.1 Å². The summed E-state index contributed by atoms with van der Waals surface area (Å²) in [6.07, 6.45) is 6.83. The molecular formula is C21H24N2O5. The molecule has 0 bridgehead atoms. The van der Waals surface area contributed by atoms with Crippen molar-refractivity contribution in [2.75, 3.05) is 0 Å². The van der Waals surface area contributed by atoms with Gasteiger partial charge in [0, 0.05) is 11.6 Å². The highest BCUT2D eigenvalue weighted by Gasteiger charge is 2.42. The number of rotatable bonds is 5. The fraction of sp³-hybridized carbons (Fsp3) is 0.524. The number of hydrogen-bond donors (Lipinski definition) is 2. The Labute approximate surface area is 163 Å². The monoisotopic (exact) mass is 384 g/mol. The van der Waals surface area contributed by atoms with Crippen LogP contribution in [0.1, 0.15) is 88.9 Å². The van der Waals surface area contributed by atoms with E-state index in [0.717, 1.165) is 38.5 Å². The number of benzene rings is 1. The first-order valence-electron chi connectivity index (χ1n) is 9.96. The maximum Gasteiger partial charge on any atom is 0.305 e. The molecule has 7 heteroatoms. The minimum Gasteiger partial charge on any atom is -0.481 e. The standard InChI is InChI=1S/C21H24N2O5/c24-17(25)12-21(9-4-10-21)22-18(26)13-7-8-15-16(11-13)20(28)23(19(15)27)14-5-2-1-3-6-14/h7-8,11,14H,1-6,9-10,12H2,(H,22,26)(H,24,25). The van der Waals surface area contributed by atoms with E-state index in [0.29, 0.717) is 18.4 Å². The van der Waals surface area contributed by atoms with Gasteiger partial charge in [0.2, 0.25) is 0 Å². The number of nitrogens with zero attached hydrogens (tertiary/aromatic N) is 1. The fourth-order valence-corrected chi connectivity index (χ4v) is 4.62. The predicted octanol–water partition coefficient (Wildman–Crippen LogP) is 2.74. The third-order valence-electron chi connectivity index (χ3n) is 6.30. The van der Waals surface area contributed by atoms with Gasteiger partial charge in [-0.3, -0.25) is 24.1 Å². The van der Waals surface area contributed by atoms with Crippen LogP contribution in [-0.4, -0.2) is 45.3 Å². The first-order valence-corrected chi connectivity index (χ1v) is 9.96. The van der Waals surface area contributed by atoms with Crippen LogP contribution in [0.3, 0.4) is 0 Å². The molecule has 0 aromatic heterocycles. The highest BCUT2D eigenvalue weighted by Crippen LogP contribution is 2.36. The van der Waals surface area contributed by atoms with E-state index < -0.39 is 17.4 Å². The number of imide groups is 1. The molecule has 2 fully saturated rings. The quantitative estimate of drug-likeness (QED) is 0.760. The van der Waals surface area contributed by atoms with Crippen LogP contribution in [0.2, 0.25) is 0 Å². The van der Waals surface area contributed by atoms with Crippen LogP contribution in [-0.2, 0) is 4.79 Å². The summed E-state index contributed by atoms with van der Waals surface area (Å²) in [5, 5.41) is 11.9. The summed E-state index contributed by atoms with van der Waals surface area (Å²) in [5.74, 6) is -1.95. The second kappa shape index (κ2) is 7.04. The molecule has 28 heavy (non-hydrogen) atoms. The third kappa shape index (κ3) is 3.19. The molecule has 2 aliphatic carbocycles. The van der Waals surface area contributed by atoms with Gasteiger partial charge in [0.1, 0.15) is 0 Å². The summed E-state index contributed by atoms with van der Waals surface area (Å²) in [7, 11) is 0. The van der Waals surface area contributed by atoms with Crippen molar-refractivity contribution in [3.05, 3.63) is 34.9 Å². The van der Waals surface area contributed by atoms with Crippen molar-refractivity contribution in [3.63, 3.8) is 0 Å². The van der Waals surface area contributed by atoms with Crippen LogP contribution in [0.4, 0.5) is 0 Å². The molecule has 148 valence electrons. The maximum atomic E-state index is 12.9. The van der Waals surface area contributed by atoms with Crippen LogP contribution in [0.5, 0.6) is 0 Å². The number of carboxylic acids is 1. The second-order valence-corrected chi connectivity index (χ2v) is 8.19. The highest BCUT2D eigenvalue weighted by molar-refractivity contribution is 6.22. The maximum absolute atomic E-state index is 12.9. The minimum atomic E-state index is -0.946. The molecule has 1 aliphatic heterocycles. The largest absolute Gasteiger partial charge is 0.481 e. The first kappa shape index (κ1) is 18.7. The Hall–Kier alpha value is -2.70. The molecule has 2 N–H and O–H groups in total. The van der Waals surface area contributed by atoms with Gasteiger partial charge in [-0.25, -0.2) is 0 Å². The Kier molecular flexibility index (Phi) is 4.69. The Morgan fingerprint density at radius 2 is 1.71 bits per heavy atom. The van der Waals surface area contributed by atoms with E-state index in [9.17, 15) is 19.2 Å². The van der Waals surface area contributed by atoms with Crippen molar-refractivity contribution in [1.29, 1.82) is 0 Å². The smallest absolute Gasteiger partial charge is 0.305 e. The van der Waals surface area contributed by atoms with Crippen LogP contribution >= 0.6 is 0 Å². The van der Waals surface area contributed by atoms with Gasteiger partial charge in [-0.2, -0.15) is 0 Å². The lowest BCUT2D eigenvalue weighted by molar-refractivity contribution is -0.139. The number of nitrogens with one attached hydrogen (secondary N) is 1. The van der Waals surface area contributed by atoms with E-state index >= 15 is 0 Å². The summed E-state index contributed by atoms with van der Waals surface area (Å²) in [6.45, 7) is 0. The van der Waals surface area contributed by atoms with Gasteiger partial charge in [-0.1, -0.05) is 19.3 Å². The van der Waals surface area contributed by atoms with Gasteiger partial charge in [0.05, 0.1) is 23.1 Å². The van der Waals surface area contributed by atoms with Crippen LogP contribution in [0.15, 0.2) is 18.2 Å². The van der Waals surface area contributed by atoms with Gasteiger partial charge in [0.25, 0.3) is 17.7 Å². The zero-order chi connectivity index (χ0) is 19.9. The summed E-state index contributed by atoms with van der Waals surface area (Å²) in [4.78, 5) is 50.8. The molecule has 3 amide bonds. The molecule has 7 nitrogen and oxygen atoms in total. The molecule has 0 atom stereocenters. The number of hydrogen-bond acceptors (Lipinski definition) is 4. The molecular weight excluding hydrogens is 360 g/mol. The summed E-state index contributed by atoms with van der Waals surface area (Å²) in [5.41, 5.74) is 0.179. The molecule has 0 spiro atoms. The van der Waals surface area contributed by atoms with Gasteiger partial charge in [0.15, 0.2) is 0 Å². The lowest BCUT2D eigenvalue weighted by atomic mass is 9.74. The van der Waals surface area contributed by atoms with Crippen LogP contribution in [0.25, 0.3) is 0 Å². The Bertz CT molecular complexity index is 852. The van der Waals surface area contributed by atoms with Crippen molar-refractivity contribution in [3.8, 4) is 0 Å². The van der Waals surface area contributed by atoms with Crippen LogP contribution in [0, 0.1) is 0 Å². The van der Waals surface area contributed by atoms with Gasteiger partial charge in [-0.15, -0.1) is 0 Å². The Balaban J connectivity index is 1.54. The second-order valence-electron chi connectivity index (χ2n) is 8.19. The van der Waals surface area contributed by atoms with Gasteiger partial charge >= 0.3 is 5.97 Å². The first-order chi connectivity index (χ1) is 13.4. The van der Waals surface area contributed by atoms with Crippen molar-refractivity contribution < 1.29 is 24.3 Å². The normalized spacial score (nSPS) is 21.2. The van der Waals surface area contributed by atoms with Crippen LogP contribution < -0.4 is 5.32 Å². The summed E-state index contributed by atoms with van der Waals surface area (Å²) in [6, 6.07) is 4.49.